The Balaban J connectivity index is 2.28. The van der Waals surface area contributed by atoms with Crippen molar-refractivity contribution < 1.29 is 9.66 Å². The van der Waals surface area contributed by atoms with Crippen LogP contribution in [-0.4, -0.2) is 16.5 Å². The van der Waals surface area contributed by atoms with Crippen LogP contribution in [0.3, 0.4) is 0 Å². The van der Waals surface area contributed by atoms with Gasteiger partial charge in [-0.3, -0.25) is 10.1 Å². The van der Waals surface area contributed by atoms with Crippen molar-refractivity contribution in [2.45, 2.75) is 13.3 Å². The maximum Gasteiger partial charge on any atom is 0.313 e. The zero-order valence-corrected chi connectivity index (χ0v) is 12.1. The quantitative estimate of drug-likeness (QED) is 0.637. The Morgan fingerprint density at radius 2 is 2.24 bits per heavy atom. The Labute approximate surface area is 126 Å². The lowest BCUT2D eigenvalue weighted by Gasteiger charge is -2.09. The summed E-state index contributed by atoms with van der Waals surface area (Å²) in [4.78, 5) is 14.6. The van der Waals surface area contributed by atoms with Crippen molar-refractivity contribution >= 4 is 23.1 Å². The normalized spacial score (nSPS) is 10.2. The molecule has 1 aromatic heterocycles. The molecule has 0 aliphatic rings. The van der Waals surface area contributed by atoms with Gasteiger partial charge < -0.3 is 10.1 Å². The van der Waals surface area contributed by atoms with E-state index in [0.717, 1.165) is 13.0 Å². The van der Waals surface area contributed by atoms with Crippen molar-refractivity contribution in [2.75, 3.05) is 11.9 Å². The molecule has 1 N–H and O–H groups in total. The number of hydrogen-bond acceptors (Lipinski definition) is 5. The Bertz CT molecular complexity index is 649. The van der Waals surface area contributed by atoms with Gasteiger partial charge in [-0.25, -0.2) is 4.98 Å². The number of aromatic nitrogens is 1. The van der Waals surface area contributed by atoms with Crippen molar-refractivity contribution in [2.24, 2.45) is 0 Å². The molecule has 0 radical (unpaired) electrons. The van der Waals surface area contributed by atoms with Gasteiger partial charge in [0, 0.05) is 24.9 Å². The van der Waals surface area contributed by atoms with Crippen molar-refractivity contribution in [3.63, 3.8) is 0 Å². The molecule has 21 heavy (non-hydrogen) atoms. The van der Waals surface area contributed by atoms with E-state index in [0.29, 0.717) is 11.6 Å². The summed E-state index contributed by atoms with van der Waals surface area (Å²) in [7, 11) is 0. The molecular formula is C14H14ClN3O3. The van der Waals surface area contributed by atoms with E-state index in [1.165, 1.54) is 12.1 Å². The molecule has 0 saturated heterocycles. The van der Waals surface area contributed by atoms with Crippen molar-refractivity contribution in [1.29, 1.82) is 0 Å². The molecule has 2 rings (SSSR count). The topological polar surface area (TPSA) is 77.3 Å². The third-order valence-corrected chi connectivity index (χ3v) is 2.95. The molecule has 0 aliphatic carbocycles. The first-order valence-corrected chi connectivity index (χ1v) is 6.80. The first-order chi connectivity index (χ1) is 10.1. The summed E-state index contributed by atoms with van der Waals surface area (Å²) in [5.74, 6) is 1.10. The van der Waals surface area contributed by atoms with E-state index in [1.54, 1.807) is 24.4 Å². The van der Waals surface area contributed by atoms with Gasteiger partial charge in [0.15, 0.2) is 0 Å². The number of benzene rings is 1. The van der Waals surface area contributed by atoms with E-state index in [4.69, 9.17) is 16.3 Å². The second kappa shape index (κ2) is 6.90. The second-order valence-corrected chi connectivity index (χ2v) is 4.66. The fourth-order valence-electron chi connectivity index (χ4n) is 1.68. The minimum Gasteiger partial charge on any atom is -0.448 e. The monoisotopic (exact) mass is 307 g/mol. The first-order valence-electron chi connectivity index (χ1n) is 6.42. The number of para-hydroxylation sites is 1. The van der Waals surface area contributed by atoms with Crippen LogP contribution >= 0.6 is 11.6 Å². The van der Waals surface area contributed by atoms with Crippen LogP contribution in [0.2, 0.25) is 5.02 Å². The summed E-state index contributed by atoms with van der Waals surface area (Å²) in [6.45, 7) is 2.82. The minimum absolute atomic E-state index is 0.0248. The summed E-state index contributed by atoms with van der Waals surface area (Å²) in [5, 5.41) is 14.3. The average Bonchev–Trinajstić information content (AvgIpc) is 2.47. The molecule has 2 aromatic rings. The van der Waals surface area contributed by atoms with Crippen molar-refractivity contribution in [3.05, 3.63) is 51.7 Å². The van der Waals surface area contributed by atoms with Gasteiger partial charge >= 0.3 is 5.69 Å². The number of halogens is 1. The largest absolute Gasteiger partial charge is 0.448 e. The smallest absolute Gasteiger partial charge is 0.313 e. The molecule has 0 fully saturated rings. The van der Waals surface area contributed by atoms with Crippen LogP contribution in [-0.2, 0) is 0 Å². The average molecular weight is 308 g/mol. The van der Waals surface area contributed by atoms with E-state index >= 15 is 0 Å². The molecule has 110 valence electrons. The zero-order chi connectivity index (χ0) is 15.2. The van der Waals surface area contributed by atoms with E-state index in [1.807, 2.05) is 6.92 Å². The van der Waals surface area contributed by atoms with Gasteiger partial charge in [-0.05, 0) is 18.6 Å². The minimum atomic E-state index is -0.529. The third kappa shape index (κ3) is 3.82. The molecule has 1 aromatic carbocycles. The first kappa shape index (κ1) is 15.1. The molecule has 6 nitrogen and oxygen atoms in total. The molecule has 0 unspecified atom stereocenters. The summed E-state index contributed by atoms with van der Waals surface area (Å²) >= 11 is 5.99. The number of anilines is 1. The van der Waals surface area contributed by atoms with Gasteiger partial charge in [0.25, 0.3) is 0 Å². The van der Waals surface area contributed by atoms with Crippen LogP contribution in [0.4, 0.5) is 11.5 Å². The highest BCUT2D eigenvalue weighted by Gasteiger charge is 2.19. The van der Waals surface area contributed by atoms with Crippen LogP contribution in [0.25, 0.3) is 0 Å². The highest BCUT2D eigenvalue weighted by Crippen LogP contribution is 2.37. The van der Waals surface area contributed by atoms with E-state index < -0.39 is 4.92 Å². The number of nitrogens with one attached hydrogen (secondary N) is 1. The molecule has 0 bridgehead atoms. The maximum atomic E-state index is 11.0. The number of nitrogens with zero attached hydrogens (tertiary/aromatic N) is 2. The molecular weight excluding hydrogens is 294 g/mol. The SMILES string of the molecule is CCCNc1cc(Oc2c(Cl)cccc2[N+](=O)[O-])ccn1. The van der Waals surface area contributed by atoms with E-state index in [9.17, 15) is 10.1 Å². The van der Waals surface area contributed by atoms with E-state index in [2.05, 4.69) is 10.3 Å². The maximum absolute atomic E-state index is 11.0. The predicted octanol–water partition coefficient (Wildman–Crippen LogP) is 4.26. The Hall–Kier alpha value is -2.34. The van der Waals surface area contributed by atoms with Crippen molar-refractivity contribution in [1.82, 2.24) is 4.98 Å². The van der Waals surface area contributed by atoms with Crippen LogP contribution in [0.1, 0.15) is 13.3 Å². The van der Waals surface area contributed by atoms with Gasteiger partial charge in [0.05, 0.1) is 9.95 Å². The standard InChI is InChI=1S/C14H14ClN3O3/c1-2-7-16-13-9-10(6-8-17-13)21-14-11(15)4-3-5-12(14)18(19)20/h3-6,8-9H,2,7H2,1H3,(H,16,17). The summed E-state index contributed by atoms with van der Waals surface area (Å²) in [5.41, 5.74) is -0.178. The molecule has 0 saturated carbocycles. The molecule has 7 heteroatoms. The lowest BCUT2D eigenvalue weighted by atomic mass is 10.3. The van der Waals surface area contributed by atoms with E-state index in [-0.39, 0.29) is 16.5 Å². The van der Waals surface area contributed by atoms with Gasteiger partial charge in [-0.1, -0.05) is 24.6 Å². The lowest BCUT2D eigenvalue weighted by Crippen LogP contribution is -2.01. The number of ether oxygens (including phenoxy) is 1. The molecule has 1 heterocycles. The van der Waals surface area contributed by atoms with Gasteiger partial charge in [0.1, 0.15) is 11.6 Å². The molecule has 0 atom stereocenters. The summed E-state index contributed by atoms with van der Waals surface area (Å²) < 4.78 is 5.57. The van der Waals surface area contributed by atoms with Crippen molar-refractivity contribution in [3.8, 4) is 11.5 Å². The van der Waals surface area contributed by atoms with Gasteiger partial charge in [0.2, 0.25) is 5.75 Å². The fraction of sp³-hybridized carbons (Fsp3) is 0.214. The second-order valence-electron chi connectivity index (χ2n) is 4.25. The Morgan fingerprint density at radius 1 is 1.43 bits per heavy atom. The van der Waals surface area contributed by atoms with Crippen LogP contribution in [0.5, 0.6) is 11.5 Å². The number of rotatable bonds is 6. The van der Waals surface area contributed by atoms with Gasteiger partial charge in [-0.15, -0.1) is 0 Å². The molecule has 0 spiro atoms. The molecule has 0 amide bonds. The highest BCUT2D eigenvalue weighted by atomic mass is 35.5. The summed E-state index contributed by atoms with van der Waals surface area (Å²) in [6, 6.07) is 7.68. The number of nitro groups is 1. The highest BCUT2D eigenvalue weighted by molar-refractivity contribution is 6.32. The Kier molecular flexibility index (Phi) is 4.94. The summed E-state index contributed by atoms with van der Waals surface area (Å²) in [6.07, 6.45) is 2.53. The predicted molar refractivity (Wildman–Crippen MR) is 81.2 cm³/mol. The molecule has 0 aliphatic heterocycles. The lowest BCUT2D eigenvalue weighted by molar-refractivity contribution is -0.385. The zero-order valence-electron chi connectivity index (χ0n) is 11.4. The van der Waals surface area contributed by atoms with Crippen LogP contribution < -0.4 is 10.1 Å². The van der Waals surface area contributed by atoms with Crippen LogP contribution in [0, 0.1) is 10.1 Å². The number of hydrogen-bond donors (Lipinski definition) is 1. The van der Waals surface area contributed by atoms with Gasteiger partial charge in [-0.2, -0.15) is 0 Å². The number of pyridine rings is 1. The Morgan fingerprint density at radius 3 is 2.95 bits per heavy atom. The third-order valence-electron chi connectivity index (χ3n) is 2.65. The number of nitro benzene ring substituents is 1. The fourth-order valence-corrected chi connectivity index (χ4v) is 1.89. The van der Waals surface area contributed by atoms with Crippen LogP contribution in [0.15, 0.2) is 36.5 Å².